The van der Waals surface area contributed by atoms with Gasteiger partial charge in [-0.05, 0) is 6.92 Å². The van der Waals surface area contributed by atoms with Crippen LogP contribution in [0.25, 0.3) is 0 Å². The first kappa shape index (κ1) is 6.92. The first-order valence-corrected chi connectivity index (χ1v) is 3.01. The monoisotopic (exact) mass is 142 g/mol. The van der Waals surface area contributed by atoms with Crippen molar-refractivity contribution in [2.45, 2.75) is 13.2 Å². The fourth-order valence-electron chi connectivity index (χ4n) is 0.709. The van der Waals surface area contributed by atoms with Crippen LogP contribution in [0.15, 0.2) is 12.0 Å². The Kier molecular flexibility index (Phi) is 1.53. The number of nitrogens with zero attached hydrogens (tertiary/aromatic N) is 1. The van der Waals surface area contributed by atoms with E-state index in [1.807, 2.05) is 14.0 Å². The number of rotatable bonds is 1. The average molecular weight is 142 g/mol. The second-order valence-corrected chi connectivity index (χ2v) is 2.24. The molecule has 0 spiro atoms. The van der Waals surface area contributed by atoms with E-state index in [1.165, 1.54) is 0 Å². The zero-order chi connectivity index (χ0) is 7.72. The predicted molar refractivity (Wildman–Crippen MR) is 35.6 cm³/mol. The van der Waals surface area contributed by atoms with Gasteiger partial charge in [-0.3, -0.25) is 4.79 Å². The molecular weight excluding hydrogens is 132 g/mol. The molecule has 0 bridgehead atoms. The molecule has 0 aromatic heterocycles. The molecule has 0 fully saturated rings. The molecule has 0 aliphatic carbocycles. The number of nitrogens with two attached hydrogens (primary N) is 1. The van der Waals surface area contributed by atoms with Gasteiger partial charge in [0.15, 0.2) is 6.23 Å². The summed E-state index contributed by atoms with van der Waals surface area (Å²) in [6, 6.07) is 0. The lowest BCUT2D eigenvalue weighted by molar-refractivity contribution is -0.118. The zero-order valence-corrected chi connectivity index (χ0v) is 6.00. The highest BCUT2D eigenvalue weighted by Crippen LogP contribution is 2.14. The lowest BCUT2D eigenvalue weighted by atomic mass is 10.5. The first-order valence-electron chi connectivity index (χ1n) is 3.01. The lowest BCUT2D eigenvalue weighted by Gasteiger charge is -2.13. The summed E-state index contributed by atoms with van der Waals surface area (Å²) in [5.41, 5.74) is 4.96. The third-order valence-electron chi connectivity index (χ3n) is 1.43. The molecule has 1 aliphatic rings. The number of carbonyl (C=O) groups is 1. The van der Waals surface area contributed by atoms with E-state index in [2.05, 4.69) is 0 Å². The summed E-state index contributed by atoms with van der Waals surface area (Å²) >= 11 is 0. The van der Waals surface area contributed by atoms with Gasteiger partial charge >= 0.3 is 0 Å². The summed E-state index contributed by atoms with van der Waals surface area (Å²) in [5, 5.41) is 0. The Morgan fingerprint density at radius 1 is 1.90 bits per heavy atom. The Morgan fingerprint density at radius 3 is 2.70 bits per heavy atom. The third kappa shape index (κ3) is 1.05. The Balaban J connectivity index is 2.67. The van der Waals surface area contributed by atoms with Gasteiger partial charge in [-0.2, -0.15) is 0 Å². The Labute approximate surface area is 59.2 Å². The van der Waals surface area contributed by atoms with Gasteiger partial charge in [0.05, 0.1) is 6.20 Å². The van der Waals surface area contributed by atoms with Crippen molar-refractivity contribution in [3.8, 4) is 0 Å². The molecule has 10 heavy (non-hydrogen) atoms. The molecule has 0 aromatic rings. The van der Waals surface area contributed by atoms with Crippen LogP contribution in [0.3, 0.4) is 0 Å². The topological polar surface area (TPSA) is 55.6 Å². The van der Waals surface area contributed by atoms with Crippen LogP contribution < -0.4 is 5.73 Å². The second kappa shape index (κ2) is 2.21. The summed E-state index contributed by atoms with van der Waals surface area (Å²) in [6.07, 6.45) is 1.51. The fraction of sp³-hybridized carbons (Fsp3) is 0.500. The third-order valence-corrected chi connectivity index (χ3v) is 1.43. The maximum atomic E-state index is 10.5. The summed E-state index contributed by atoms with van der Waals surface area (Å²) in [6.45, 7) is 1.84. The van der Waals surface area contributed by atoms with Gasteiger partial charge in [0, 0.05) is 7.05 Å². The maximum absolute atomic E-state index is 10.5. The van der Waals surface area contributed by atoms with Crippen molar-refractivity contribution in [2.24, 2.45) is 5.73 Å². The van der Waals surface area contributed by atoms with Crippen LogP contribution in [-0.2, 0) is 9.53 Å². The SMILES string of the molecule is CC1OC(C(N)=O)=CN1C. The fourth-order valence-corrected chi connectivity index (χ4v) is 0.709. The van der Waals surface area contributed by atoms with Crippen LogP contribution in [0, 0.1) is 0 Å². The van der Waals surface area contributed by atoms with E-state index in [9.17, 15) is 4.79 Å². The van der Waals surface area contributed by atoms with Crippen molar-refractivity contribution in [1.29, 1.82) is 0 Å². The summed E-state index contributed by atoms with van der Waals surface area (Å²) in [4.78, 5) is 12.3. The van der Waals surface area contributed by atoms with E-state index >= 15 is 0 Å². The van der Waals surface area contributed by atoms with Crippen LogP contribution in [0.1, 0.15) is 6.92 Å². The standard InChI is InChI=1S/C6H10N2O2/c1-4-8(2)3-5(10-4)6(7)9/h3-4H,1-2H3,(H2,7,9). The minimum atomic E-state index is -0.517. The molecule has 0 radical (unpaired) electrons. The van der Waals surface area contributed by atoms with Crippen molar-refractivity contribution < 1.29 is 9.53 Å². The zero-order valence-electron chi connectivity index (χ0n) is 6.00. The number of carbonyl (C=O) groups excluding carboxylic acids is 1. The lowest BCUT2D eigenvalue weighted by Crippen LogP contribution is -2.20. The molecule has 1 atom stereocenters. The molecule has 1 rings (SSSR count). The summed E-state index contributed by atoms with van der Waals surface area (Å²) in [5.74, 6) is -0.286. The molecule has 0 aromatic carbocycles. The molecule has 4 heteroatoms. The highest BCUT2D eigenvalue weighted by atomic mass is 16.5. The number of hydrogen-bond donors (Lipinski definition) is 1. The summed E-state index contributed by atoms with van der Waals surface area (Å²) < 4.78 is 5.05. The number of amides is 1. The highest BCUT2D eigenvalue weighted by molar-refractivity contribution is 5.90. The molecular formula is C6H10N2O2. The Bertz CT molecular complexity index is 188. The van der Waals surface area contributed by atoms with E-state index in [0.29, 0.717) is 0 Å². The van der Waals surface area contributed by atoms with Crippen molar-refractivity contribution in [2.75, 3.05) is 7.05 Å². The first-order chi connectivity index (χ1) is 4.61. The van der Waals surface area contributed by atoms with Crippen LogP contribution in [0.2, 0.25) is 0 Å². The van der Waals surface area contributed by atoms with E-state index in [0.717, 1.165) is 0 Å². The van der Waals surface area contributed by atoms with Gasteiger partial charge in [0.2, 0.25) is 5.76 Å². The van der Waals surface area contributed by atoms with Gasteiger partial charge < -0.3 is 15.4 Å². The highest BCUT2D eigenvalue weighted by Gasteiger charge is 2.21. The van der Waals surface area contributed by atoms with Crippen LogP contribution in [0.4, 0.5) is 0 Å². The van der Waals surface area contributed by atoms with Gasteiger partial charge in [0.25, 0.3) is 5.91 Å². The molecule has 1 aliphatic heterocycles. The normalized spacial score (nSPS) is 24.0. The van der Waals surface area contributed by atoms with Gasteiger partial charge in [-0.1, -0.05) is 0 Å². The Hall–Kier alpha value is -1.19. The van der Waals surface area contributed by atoms with Crippen molar-refractivity contribution >= 4 is 5.91 Å². The van der Waals surface area contributed by atoms with E-state index in [4.69, 9.17) is 10.5 Å². The second-order valence-electron chi connectivity index (χ2n) is 2.24. The van der Waals surface area contributed by atoms with Crippen LogP contribution in [0.5, 0.6) is 0 Å². The molecule has 56 valence electrons. The molecule has 0 saturated carbocycles. The van der Waals surface area contributed by atoms with Crippen molar-refractivity contribution in [3.63, 3.8) is 0 Å². The van der Waals surface area contributed by atoms with E-state index < -0.39 is 5.91 Å². The molecule has 2 N–H and O–H groups in total. The maximum Gasteiger partial charge on any atom is 0.285 e. The minimum Gasteiger partial charge on any atom is -0.464 e. The molecule has 1 unspecified atom stereocenters. The molecule has 0 saturated heterocycles. The number of ether oxygens (including phenoxy) is 1. The molecule has 4 nitrogen and oxygen atoms in total. The molecule has 1 amide bonds. The smallest absolute Gasteiger partial charge is 0.285 e. The van der Waals surface area contributed by atoms with E-state index in [-0.39, 0.29) is 12.0 Å². The van der Waals surface area contributed by atoms with Crippen LogP contribution >= 0.6 is 0 Å². The largest absolute Gasteiger partial charge is 0.464 e. The van der Waals surface area contributed by atoms with Gasteiger partial charge in [0.1, 0.15) is 0 Å². The average Bonchev–Trinajstić information content (AvgIpc) is 2.13. The van der Waals surface area contributed by atoms with Crippen molar-refractivity contribution in [3.05, 3.63) is 12.0 Å². The Morgan fingerprint density at radius 2 is 2.50 bits per heavy atom. The van der Waals surface area contributed by atoms with Crippen molar-refractivity contribution in [1.82, 2.24) is 4.90 Å². The number of primary amides is 1. The summed E-state index contributed by atoms with van der Waals surface area (Å²) in [7, 11) is 1.82. The quantitative estimate of drug-likeness (QED) is 0.543. The van der Waals surface area contributed by atoms with E-state index in [1.54, 1.807) is 11.1 Å². The minimum absolute atomic E-state index is 0.0810. The van der Waals surface area contributed by atoms with Gasteiger partial charge in [-0.25, -0.2) is 0 Å². The molecule has 1 heterocycles. The number of hydrogen-bond acceptors (Lipinski definition) is 3. The van der Waals surface area contributed by atoms with Gasteiger partial charge in [-0.15, -0.1) is 0 Å². The van der Waals surface area contributed by atoms with Crippen LogP contribution in [-0.4, -0.2) is 24.1 Å². The predicted octanol–water partition coefficient (Wildman–Crippen LogP) is -0.379.